The van der Waals surface area contributed by atoms with Gasteiger partial charge in [-0.3, -0.25) is 14.8 Å². The number of nitrogens with one attached hydrogen (secondary N) is 2. The fourth-order valence-electron chi connectivity index (χ4n) is 1.76. The van der Waals surface area contributed by atoms with Gasteiger partial charge in [-0.2, -0.15) is 0 Å². The summed E-state index contributed by atoms with van der Waals surface area (Å²) in [4.78, 5) is 23.8. The van der Waals surface area contributed by atoms with E-state index in [0.717, 1.165) is 12.0 Å². The number of hydrogen-bond acceptors (Lipinski definition) is 4. The third-order valence-electron chi connectivity index (χ3n) is 2.95. The lowest BCUT2D eigenvalue weighted by Crippen LogP contribution is -2.61. The smallest absolute Gasteiger partial charge is 0.267 e. The lowest BCUT2D eigenvalue weighted by atomic mass is 9.95. The summed E-state index contributed by atoms with van der Waals surface area (Å²) in [5.41, 5.74) is 7.52. The van der Waals surface area contributed by atoms with Crippen LogP contribution in [0.1, 0.15) is 43.1 Å². The van der Waals surface area contributed by atoms with Crippen molar-refractivity contribution in [3.63, 3.8) is 0 Å². The van der Waals surface area contributed by atoms with Gasteiger partial charge < -0.3 is 11.1 Å². The molecular weight excluding hydrogens is 306 g/mol. The van der Waals surface area contributed by atoms with Crippen molar-refractivity contribution in [1.82, 2.24) is 10.8 Å². The summed E-state index contributed by atoms with van der Waals surface area (Å²) in [6.45, 7) is 11.1. The number of carbonyl (C=O) groups is 2. The van der Waals surface area contributed by atoms with Crippen molar-refractivity contribution >= 4 is 11.8 Å². The minimum atomic E-state index is -1.07. The van der Waals surface area contributed by atoms with E-state index in [1.54, 1.807) is 38.1 Å². The molecule has 0 aliphatic heterocycles. The quantitative estimate of drug-likeness (QED) is 0.291. The highest BCUT2D eigenvalue weighted by molar-refractivity contribution is 5.97. The molecule has 1 unspecified atom stereocenters. The van der Waals surface area contributed by atoms with Crippen LogP contribution in [0.25, 0.3) is 0 Å². The zero-order valence-electron chi connectivity index (χ0n) is 14.3. The fourth-order valence-corrected chi connectivity index (χ4v) is 1.76. The SMILES string of the molecule is C=C.CCC#Cc1ccc(C(=O)NC(C(=O)NO)C(C)(C)N)cc1. The summed E-state index contributed by atoms with van der Waals surface area (Å²) in [5.74, 6) is 4.67. The summed E-state index contributed by atoms with van der Waals surface area (Å²) in [5, 5.41) is 11.3. The van der Waals surface area contributed by atoms with Crippen molar-refractivity contribution in [2.24, 2.45) is 5.73 Å². The van der Waals surface area contributed by atoms with Crippen LogP contribution in [0.2, 0.25) is 0 Å². The van der Waals surface area contributed by atoms with Crippen LogP contribution in [-0.4, -0.2) is 28.6 Å². The molecule has 1 aromatic carbocycles. The Morgan fingerprint density at radius 2 is 1.83 bits per heavy atom. The maximum Gasteiger partial charge on any atom is 0.267 e. The number of benzene rings is 1. The predicted molar refractivity (Wildman–Crippen MR) is 94.3 cm³/mol. The summed E-state index contributed by atoms with van der Waals surface area (Å²) in [6, 6.07) is 5.63. The van der Waals surface area contributed by atoms with Gasteiger partial charge >= 0.3 is 0 Å². The third kappa shape index (κ3) is 6.65. The maximum absolute atomic E-state index is 12.2. The van der Waals surface area contributed by atoms with Gasteiger partial charge in [-0.15, -0.1) is 13.2 Å². The molecule has 5 N–H and O–H groups in total. The summed E-state index contributed by atoms with van der Waals surface area (Å²) >= 11 is 0. The van der Waals surface area contributed by atoms with E-state index in [1.165, 1.54) is 5.48 Å². The zero-order valence-corrected chi connectivity index (χ0v) is 14.3. The average Bonchev–Trinajstić information content (AvgIpc) is 2.58. The summed E-state index contributed by atoms with van der Waals surface area (Å²) < 4.78 is 0. The van der Waals surface area contributed by atoms with E-state index in [0.29, 0.717) is 5.56 Å². The molecule has 0 aromatic heterocycles. The molecule has 1 aromatic rings. The summed E-state index contributed by atoms with van der Waals surface area (Å²) in [7, 11) is 0. The zero-order chi connectivity index (χ0) is 18.8. The predicted octanol–water partition coefficient (Wildman–Crippen LogP) is 1.59. The number of amides is 2. The van der Waals surface area contributed by atoms with Crippen LogP contribution in [0.3, 0.4) is 0 Å². The van der Waals surface area contributed by atoms with Crippen molar-refractivity contribution < 1.29 is 14.8 Å². The van der Waals surface area contributed by atoms with Gasteiger partial charge in [0.15, 0.2) is 0 Å². The van der Waals surface area contributed by atoms with E-state index in [1.807, 2.05) is 6.92 Å². The number of nitrogens with two attached hydrogens (primary N) is 1. The molecule has 0 bridgehead atoms. The monoisotopic (exact) mass is 331 g/mol. The van der Waals surface area contributed by atoms with E-state index in [9.17, 15) is 9.59 Å². The van der Waals surface area contributed by atoms with Gasteiger partial charge in [0.25, 0.3) is 11.8 Å². The molecule has 0 saturated carbocycles. The normalized spacial score (nSPS) is 11.0. The standard InChI is InChI=1S/C16H21N3O3.C2H4/c1-4-5-6-11-7-9-12(10-8-11)14(20)18-13(15(21)19-22)16(2,3)17;1-2/h7-10,13,22H,4,17H2,1-3H3,(H,18,20)(H,19,21);1-2H2. The molecular formula is C18H25N3O3. The Labute approximate surface area is 143 Å². The molecule has 24 heavy (non-hydrogen) atoms. The van der Waals surface area contributed by atoms with Crippen LogP contribution < -0.4 is 16.5 Å². The molecule has 0 saturated heterocycles. The second-order valence-electron chi connectivity index (χ2n) is 5.44. The van der Waals surface area contributed by atoms with Crippen molar-refractivity contribution in [2.75, 3.05) is 0 Å². The lowest BCUT2D eigenvalue weighted by Gasteiger charge is -2.29. The minimum Gasteiger partial charge on any atom is -0.338 e. The Morgan fingerprint density at radius 1 is 1.29 bits per heavy atom. The van der Waals surface area contributed by atoms with Crippen LogP contribution in [0.15, 0.2) is 37.4 Å². The van der Waals surface area contributed by atoms with Gasteiger partial charge in [-0.25, -0.2) is 5.48 Å². The first-order valence-electron chi connectivity index (χ1n) is 7.42. The Morgan fingerprint density at radius 3 is 2.25 bits per heavy atom. The fraction of sp³-hybridized carbons (Fsp3) is 0.333. The van der Waals surface area contributed by atoms with E-state index < -0.39 is 23.4 Å². The van der Waals surface area contributed by atoms with Crippen molar-refractivity contribution in [2.45, 2.75) is 38.8 Å². The topological polar surface area (TPSA) is 104 Å². The highest BCUT2D eigenvalue weighted by Gasteiger charge is 2.33. The number of hydroxylamine groups is 1. The first-order valence-corrected chi connectivity index (χ1v) is 7.42. The van der Waals surface area contributed by atoms with Crippen molar-refractivity contribution in [3.8, 4) is 11.8 Å². The van der Waals surface area contributed by atoms with Crippen LogP contribution >= 0.6 is 0 Å². The van der Waals surface area contributed by atoms with Crippen LogP contribution in [0.4, 0.5) is 0 Å². The minimum absolute atomic E-state index is 0.377. The molecule has 1 rings (SSSR count). The molecule has 1 atom stereocenters. The van der Waals surface area contributed by atoms with Crippen molar-refractivity contribution in [1.29, 1.82) is 0 Å². The molecule has 0 aliphatic carbocycles. The average molecular weight is 331 g/mol. The number of rotatable bonds is 4. The molecule has 0 radical (unpaired) electrons. The molecule has 0 spiro atoms. The molecule has 2 amide bonds. The van der Waals surface area contributed by atoms with E-state index in [-0.39, 0.29) is 0 Å². The first kappa shape index (κ1) is 21.4. The highest BCUT2D eigenvalue weighted by Crippen LogP contribution is 2.08. The van der Waals surface area contributed by atoms with Crippen LogP contribution in [0, 0.1) is 11.8 Å². The van der Waals surface area contributed by atoms with Gasteiger partial charge in [-0.05, 0) is 38.1 Å². The summed E-state index contributed by atoms with van der Waals surface area (Å²) in [6.07, 6.45) is 0.756. The Kier molecular flexibility index (Phi) is 9.10. The van der Waals surface area contributed by atoms with E-state index >= 15 is 0 Å². The van der Waals surface area contributed by atoms with Gasteiger partial charge in [0, 0.05) is 23.1 Å². The highest BCUT2D eigenvalue weighted by atomic mass is 16.5. The second-order valence-corrected chi connectivity index (χ2v) is 5.44. The molecule has 0 fully saturated rings. The van der Waals surface area contributed by atoms with Crippen LogP contribution in [0.5, 0.6) is 0 Å². The van der Waals surface area contributed by atoms with Gasteiger partial charge in [-0.1, -0.05) is 18.8 Å². The maximum atomic E-state index is 12.2. The molecule has 0 heterocycles. The Bertz CT molecular complexity index is 607. The van der Waals surface area contributed by atoms with Crippen LogP contribution in [-0.2, 0) is 4.79 Å². The molecule has 6 heteroatoms. The Hall–Kier alpha value is -2.62. The van der Waals surface area contributed by atoms with Gasteiger partial charge in [0.2, 0.25) is 0 Å². The Balaban J connectivity index is 0.00000254. The molecule has 0 aliphatic rings. The lowest BCUT2D eigenvalue weighted by molar-refractivity contribution is -0.132. The second kappa shape index (κ2) is 10.2. The third-order valence-corrected chi connectivity index (χ3v) is 2.95. The van der Waals surface area contributed by atoms with E-state index in [4.69, 9.17) is 10.9 Å². The number of hydrogen-bond donors (Lipinski definition) is 4. The van der Waals surface area contributed by atoms with Gasteiger partial charge in [0.05, 0.1) is 0 Å². The largest absolute Gasteiger partial charge is 0.338 e. The van der Waals surface area contributed by atoms with Crippen molar-refractivity contribution in [3.05, 3.63) is 48.6 Å². The molecule has 6 nitrogen and oxygen atoms in total. The van der Waals surface area contributed by atoms with Gasteiger partial charge in [0.1, 0.15) is 6.04 Å². The number of carbonyl (C=O) groups excluding carboxylic acids is 2. The van der Waals surface area contributed by atoms with E-state index in [2.05, 4.69) is 30.3 Å². The first-order chi connectivity index (χ1) is 11.3. The molecule has 130 valence electrons.